The third-order valence-electron chi connectivity index (χ3n) is 13.4. The molecule has 0 aliphatic heterocycles. The van der Waals surface area contributed by atoms with Crippen LogP contribution in [0.1, 0.15) is 17.5 Å². The van der Waals surface area contributed by atoms with Crippen molar-refractivity contribution in [3.05, 3.63) is 236 Å². The molecule has 2 aromatic heterocycles. The van der Waals surface area contributed by atoms with Gasteiger partial charge in [0.05, 0.1) is 16.7 Å². The Morgan fingerprint density at radius 2 is 1.17 bits per heavy atom. The van der Waals surface area contributed by atoms with Gasteiger partial charge in [-0.05, 0) is 135 Å². The molecule has 3 heteroatoms. The van der Waals surface area contributed by atoms with Crippen molar-refractivity contribution in [2.24, 2.45) is 0 Å². The summed E-state index contributed by atoms with van der Waals surface area (Å²) < 4.78 is 8.65. The summed E-state index contributed by atoms with van der Waals surface area (Å²) in [5, 5.41) is 7.28. The highest BCUT2D eigenvalue weighted by Gasteiger charge is 2.21. The molecule has 0 fully saturated rings. The molecular formula is C62H42N2O. The molecule has 12 aromatic rings. The second kappa shape index (κ2) is 15.1. The van der Waals surface area contributed by atoms with Crippen LogP contribution in [0.3, 0.4) is 0 Å². The lowest BCUT2D eigenvalue weighted by Crippen LogP contribution is -2.11. The molecule has 0 saturated carbocycles. The molecule has 0 radical (unpaired) electrons. The molecule has 0 bridgehead atoms. The SMILES string of the molecule is C1=Cc2c(ccc3cc(-c4ccc(N(c5cccc(-c6cccc7c6c6ccccc6n7-c6ccc7oc8ccccc8c7c6)c5)c5ccccc5-c5ccccc5)cc4)ccc23)CC1. The molecule has 0 atom stereocenters. The van der Waals surface area contributed by atoms with Crippen LogP contribution < -0.4 is 4.90 Å². The Labute approximate surface area is 377 Å². The smallest absolute Gasteiger partial charge is 0.135 e. The highest BCUT2D eigenvalue weighted by Crippen LogP contribution is 2.45. The number of rotatable bonds is 7. The normalized spacial score (nSPS) is 12.4. The van der Waals surface area contributed by atoms with Crippen molar-refractivity contribution in [3.63, 3.8) is 0 Å². The van der Waals surface area contributed by atoms with Gasteiger partial charge in [-0.3, -0.25) is 0 Å². The van der Waals surface area contributed by atoms with Crippen LogP contribution in [0.5, 0.6) is 0 Å². The van der Waals surface area contributed by atoms with Crippen LogP contribution in [-0.2, 0) is 6.42 Å². The minimum atomic E-state index is 0.894. The number of nitrogens with zero attached hydrogens (tertiary/aromatic N) is 2. The third kappa shape index (κ3) is 6.19. The number of hydrogen-bond donors (Lipinski definition) is 0. The average Bonchev–Trinajstić information content (AvgIpc) is 3.92. The van der Waals surface area contributed by atoms with Crippen molar-refractivity contribution in [3.8, 4) is 39.1 Å². The van der Waals surface area contributed by atoms with Crippen molar-refractivity contribution >= 4 is 77.7 Å². The average molecular weight is 831 g/mol. The molecule has 0 spiro atoms. The number of aryl methyl sites for hydroxylation is 1. The fourth-order valence-corrected chi connectivity index (χ4v) is 10.4. The Bertz CT molecular complexity index is 3830. The topological polar surface area (TPSA) is 21.3 Å². The first-order chi connectivity index (χ1) is 32.2. The highest BCUT2D eigenvalue weighted by atomic mass is 16.3. The summed E-state index contributed by atoms with van der Waals surface area (Å²) >= 11 is 0. The first kappa shape index (κ1) is 37.2. The van der Waals surface area contributed by atoms with Crippen LogP contribution in [0, 0.1) is 0 Å². The van der Waals surface area contributed by atoms with E-state index in [1.54, 1.807) is 0 Å². The van der Waals surface area contributed by atoms with Gasteiger partial charge in [0, 0.05) is 44.2 Å². The number of allylic oxidation sites excluding steroid dienone is 1. The van der Waals surface area contributed by atoms with Crippen LogP contribution in [-0.4, -0.2) is 4.57 Å². The van der Waals surface area contributed by atoms with Gasteiger partial charge < -0.3 is 13.9 Å². The van der Waals surface area contributed by atoms with Crippen LogP contribution >= 0.6 is 0 Å². The summed E-state index contributed by atoms with van der Waals surface area (Å²) in [5.41, 5.74) is 18.4. The largest absolute Gasteiger partial charge is 0.456 e. The van der Waals surface area contributed by atoms with Crippen molar-refractivity contribution in [2.75, 3.05) is 4.90 Å². The molecule has 13 rings (SSSR count). The van der Waals surface area contributed by atoms with Crippen molar-refractivity contribution in [1.82, 2.24) is 4.57 Å². The zero-order valence-corrected chi connectivity index (χ0v) is 35.7. The van der Waals surface area contributed by atoms with Gasteiger partial charge in [-0.25, -0.2) is 0 Å². The lowest BCUT2D eigenvalue weighted by Gasteiger charge is -2.28. The molecule has 0 N–H and O–H groups in total. The zero-order chi connectivity index (χ0) is 42.8. The highest BCUT2D eigenvalue weighted by molar-refractivity contribution is 6.16. The molecule has 2 heterocycles. The molecule has 3 nitrogen and oxygen atoms in total. The Hall–Kier alpha value is -8.40. The zero-order valence-electron chi connectivity index (χ0n) is 35.7. The monoisotopic (exact) mass is 830 g/mol. The summed E-state index contributed by atoms with van der Waals surface area (Å²) in [6.45, 7) is 0. The van der Waals surface area contributed by atoms with Crippen molar-refractivity contribution in [1.29, 1.82) is 0 Å². The maximum Gasteiger partial charge on any atom is 0.135 e. The number of para-hydroxylation sites is 3. The first-order valence-corrected chi connectivity index (χ1v) is 22.5. The fraction of sp³-hybridized carbons (Fsp3) is 0.0323. The molecule has 1 aliphatic carbocycles. The Morgan fingerprint density at radius 1 is 0.431 bits per heavy atom. The van der Waals surface area contributed by atoms with E-state index >= 15 is 0 Å². The lowest BCUT2D eigenvalue weighted by atomic mass is 9.91. The van der Waals surface area contributed by atoms with Gasteiger partial charge >= 0.3 is 0 Å². The van der Waals surface area contributed by atoms with Crippen molar-refractivity contribution in [2.45, 2.75) is 12.8 Å². The Morgan fingerprint density at radius 3 is 2.09 bits per heavy atom. The molecule has 0 amide bonds. The molecule has 0 unspecified atom stereocenters. The maximum atomic E-state index is 6.24. The maximum absolute atomic E-state index is 6.24. The summed E-state index contributed by atoms with van der Waals surface area (Å²) in [6.07, 6.45) is 6.83. The summed E-state index contributed by atoms with van der Waals surface area (Å²) in [6, 6.07) is 79.6. The predicted molar refractivity (Wildman–Crippen MR) is 274 cm³/mol. The van der Waals surface area contributed by atoms with E-state index in [9.17, 15) is 0 Å². The number of aromatic nitrogens is 1. The lowest BCUT2D eigenvalue weighted by molar-refractivity contribution is 0.669. The van der Waals surface area contributed by atoms with Gasteiger partial charge in [-0.15, -0.1) is 0 Å². The fourth-order valence-electron chi connectivity index (χ4n) is 10.4. The van der Waals surface area contributed by atoms with Gasteiger partial charge in [-0.2, -0.15) is 0 Å². The number of benzene rings is 10. The summed E-state index contributed by atoms with van der Waals surface area (Å²) in [4.78, 5) is 2.42. The van der Waals surface area contributed by atoms with Gasteiger partial charge in [0.1, 0.15) is 11.2 Å². The number of anilines is 3. The van der Waals surface area contributed by atoms with Gasteiger partial charge in [0.25, 0.3) is 0 Å². The van der Waals surface area contributed by atoms with E-state index < -0.39 is 0 Å². The van der Waals surface area contributed by atoms with E-state index in [4.69, 9.17) is 4.42 Å². The molecule has 1 aliphatic rings. The van der Waals surface area contributed by atoms with E-state index in [1.165, 1.54) is 66.0 Å². The van der Waals surface area contributed by atoms with Gasteiger partial charge in [0.2, 0.25) is 0 Å². The van der Waals surface area contributed by atoms with Crippen LogP contribution in [0.25, 0.3) is 99.7 Å². The van der Waals surface area contributed by atoms with Gasteiger partial charge in [-0.1, -0.05) is 158 Å². The van der Waals surface area contributed by atoms with E-state index in [0.29, 0.717) is 0 Å². The van der Waals surface area contributed by atoms with E-state index in [2.05, 4.69) is 228 Å². The van der Waals surface area contributed by atoms with E-state index in [-0.39, 0.29) is 0 Å². The van der Waals surface area contributed by atoms with E-state index in [0.717, 1.165) is 68.6 Å². The molecule has 306 valence electrons. The van der Waals surface area contributed by atoms with Crippen molar-refractivity contribution < 1.29 is 4.42 Å². The standard InChI is InChI=1S/C62H42N2O/c1-2-14-42(15-3-1)52-20-6-9-24-57(52)63(47-33-30-41(31-34-47)44-32-36-51-46(38-44)29-28-43-16-4-5-19-50(43)51)48-18-12-17-45(39-48)53-23-13-26-59-62(53)55-22-7-10-25-58(55)64(59)49-35-37-61-56(40-49)54-21-8-11-27-60(54)65-61/h1-3,5-15,17-40H,4,16H2. The predicted octanol–water partition coefficient (Wildman–Crippen LogP) is 17.3. The summed E-state index contributed by atoms with van der Waals surface area (Å²) in [7, 11) is 0. The van der Waals surface area contributed by atoms with Gasteiger partial charge in [0.15, 0.2) is 0 Å². The first-order valence-electron chi connectivity index (χ1n) is 22.5. The Balaban J connectivity index is 0.953. The second-order valence-corrected chi connectivity index (χ2v) is 17.2. The Kier molecular flexibility index (Phi) is 8.67. The van der Waals surface area contributed by atoms with Crippen LogP contribution in [0.4, 0.5) is 17.1 Å². The van der Waals surface area contributed by atoms with E-state index in [1.807, 2.05) is 12.1 Å². The molecule has 65 heavy (non-hydrogen) atoms. The minimum absolute atomic E-state index is 0.894. The third-order valence-corrected chi connectivity index (χ3v) is 13.4. The number of hydrogen-bond acceptors (Lipinski definition) is 2. The van der Waals surface area contributed by atoms with Crippen LogP contribution in [0.15, 0.2) is 229 Å². The summed E-state index contributed by atoms with van der Waals surface area (Å²) in [5.74, 6) is 0. The second-order valence-electron chi connectivity index (χ2n) is 17.2. The number of fused-ring (bicyclic) bond motifs is 9. The molecule has 0 saturated heterocycles. The number of furan rings is 1. The minimum Gasteiger partial charge on any atom is -0.456 e. The quantitative estimate of drug-likeness (QED) is 0.160. The molecular weight excluding hydrogens is 789 g/mol. The molecule has 10 aromatic carbocycles. The van der Waals surface area contributed by atoms with Crippen LogP contribution in [0.2, 0.25) is 0 Å².